The van der Waals surface area contributed by atoms with Gasteiger partial charge < -0.3 is 9.97 Å². The third-order valence-corrected chi connectivity index (χ3v) is 3.38. The highest BCUT2D eigenvalue weighted by atomic mass is 19.4. The number of nitrogens with one attached hydrogen (secondary N) is 2. The van der Waals surface area contributed by atoms with Crippen molar-refractivity contribution in [3.63, 3.8) is 0 Å². The van der Waals surface area contributed by atoms with Gasteiger partial charge in [-0.2, -0.15) is 13.2 Å². The fraction of sp³-hybridized carbons (Fsp3) is 0.133. The molecule has 0 amide bonds. The number of hydrogen-bond donors (Lipinski definition) is 2. The molecule has 0 aliphatic heterocycles. The molecule has 0 saturated heterocycles. The first-order chi connectivity index (χ1) is 9.86. The van der Waals surface area contributed by atoms with Crippen molar-refractivity contribution in [2.75, 3.05) is 0 Å². The quantitative estimate of drug-likeness (QED) is 0.703. The van der Waals surface area contributed by atoms with E-state index in [-0.39, 0.29) is 11.3 Å². The monoisotopic (exact) mass is 292 g/mol. The number of fused-ring (bicyclic) bond motifs is 1. The Hall–Kier alpha value is -2.50. The van der Waals surface area contributed by atoms with Gasteiger partial charge >= 0.3 is 11.9 Å². The van der Waals surface area contributed by atoms with E-state index in [1.165, 1.54) is 6.07 Å². The van der Waals surface area contributed by atoms with E-state index in [1.807, 2.05) is 0 Å². The lowest BCUT2D eigenvalue weighted by molar-refractivity contribution is -0.137. The third kappa shape index (κ3) is 2.33. The maximum Gasteiger partial charge on any atom is 0.417 e. The number of benzene rings is 2. The topological polar surface area (TPSA) is 48.6 Å². The molecular formula is C15H11F3N2O. The van der Waals surface area contributed by atoms with Crippen molar-refractivity contribution in [2.24, 2.45) is 0 Å². The minimum atomic E-state index is -4.43. The van der Waals surface area contributed by atoms with Crippen LogP contribution in [-0.4, -0.2) is 9.97 Å². The van der Waals surface area contributed by atoms with Gasteiger partial charge in [0.25, 0.3) is 0 Å². The Balaban J connectivity index is 2.29. The van der Waals surface area contributed by atoms with Crippen LogP contribution in [0.15, 0.2) is 41.2 Å². The van der Waals surface area contributed by atoms with E-state index in [4.69, 9.17) is 0 Å². The SMILES string of the molecule is Cc1cccc(C(F)(F)F)c1-c1ccc2[nH]c(=O)[nH]c2c1. The largest absolute Gasteiger partial charge is 0.417 e. The van der Waals surface area contributed by atoms with Crippen LogP contribution in [0.4, 0.5) is 13.2 Å². The fourth-order valence-corrected chi connectivity index (χ4v) is 2.48. The number of rotatable bonds is 1. The van der Waals surface area contributed by atoms with Crippen molar-refractivity contribution in [1.29, 1.82) is 0 Å². The lowest BCUT2D eigenvalue weighted by Crippen LogP contribution is -2.08. The van der Waals surface area contributed by atoms with Gasteiger partial charge in [0.15, 0.2) is 0 Å². The molecule has 0 fully saturated rings. The number of aromatic nitrogens is 2. The van der Waals surface area contributed by atoms with Gasteiger partial charge in [-0.05, 0) is 41.8 Å². The molecule has 3 aromatic rings. The molecule has 3 rings (SSSR count). The molecule has 2 aromatic carbocycles. The standard InChI is InChI=1S/C15H11F3N2O/c1-8-3-2-4-10(15(16,17)18)13(8)9-5-6-11-12(7-9)20-14(21)19-11/h2-7H,1H3,(H2,19,20,21). The first-order valence-electron chi connectivity index (χ1n) is 6.25. The van der Waals surface area contributed by atoms with Gasteiger partial charge in [0.1, 0.15) is 0 Å². The lowest BCUT2D eigenvalue weighted by atomic mass is 9.94. The number of alkyl halides is 3. The average Bonchev–Trinajstić information content (AvgIpc) is 2.76. The van der Waals surface area contributed by atoms with Crippen LogP contribution in [-0.2, 0) is 6.18 Å². The Kier molecular flexibility index (Phi) is 2.90. The summed E-state index contributed by atoms with van der Waals surface area (Å²) in [6, 6.07) is 8.79. The summed E-state index contributed by atoms with van der Waals surface area (Å²) < 4.78 is 39.5. The minimum absolute atomic E-state index is 0.133. The van der Waals surface area contributed by atoms with Gasteiger partial charge in [0.05, 0.1) is 16.6 Å². The van der Waals surface area contributed by atoms with Gasteiger partial charge in [-0.3, -0.25) is 0 Å². The van der Waals surface area contributed by atoms with Crippen LogP contribution in [0.1, 0.15) is 11.1 Å². The van der Waals surface area contributed by atoms with E-state index >= 15 is 0 Å². The summed E-state index contributed by atoms with van der Waals surface area (Å²) in [7, 11) is 0. The molecule has 0 radical (unpaired) electrons. The molecule has 2 N–H and O–H groups in total. The van der Waals surface area contributed by atoms with Gasteiger partial charge in [-0.1, -0.05) is 18.2 Å². The van der Waals surface area contributed by atoms with E-state index in [0.29, 0.717) is 22.2 Å². The molecule has 0 aliphatic rings. The second-order valence-electron chi connectivity index (χ2n) is 4.83. The molecule has 1 aromatic heterocycles. The number of hydrogen-bond acceptors (Lipinski definition) is 1. The van der Waals surface area contributed by atoms with E-state index in [1.54, 1.807) is 31.2 Å². The first-order valence-corrected chi connectivity index (χ1v) is 6.25. The Bertz CT molecular complexity index is 874. The summed E-state index contributed by atoms with van der Waals surface area (Å²) >= 11 is 0. The highest BCUT2D eigenvalue weighted by molar-refractivity contribution is 5.83. The van der Waals surface area contributed by atoms with E-state index in [9.17, 15) is 18.0 Å². The molecule has 21 heavy (non-hydrogen) atoms. The van der Waals surface area contributed by atoms with Crippen molar-refractivity contribution in [3.05, 3.63) is 58.0 Å². The second kappa shape index (κ2) is 4.51. The Labute approximate surface area is 117 Å². The van der Waals surface area contributed by atoms with Gasteiger partial charge in [-0.25, -0.2) is 4.79 Å². The predicted molar refractivity (Wildman–Crippen MR) is 74.1 cm³/mol. The van der Waals surface area contributed by atoms with Crippen LogP contribution in [0.5, 0.6) is 0 Å². The maximum absolute atomic E-state index is 13.2. The highest BCUT2D eigenvalue weighted by Gasteiger charge is 2.34. The van der Waals surface area contributed by atoms with Crippen LogP contribution in [0, 0.1) is 6.92 Å². The van der Waals surface area contributed by atoms with Gasteiger partial charge in [0.2, 0.25) is 0 Å². The molecule has 108 valence electrons. The van der Waals surface area contributed by atoms with Crippen molar-refractivity contribution >= 4 is 11.0 Å². The van der Waals surface area contributed by atoms with Crippen LogP contribution in [0.25, 0.3) is 22.2 Å². The molecule has 0 spiro atoms. The Morgan fingerprint density at radius 1 is 1.00 bits per heavy atom. The van der Waals surface area contributed by atoms with Crippen LogP contribution in [0.3, 0.4) is 0 Å². The zero-order chi connectivity index (χ0) is 15.2. The number of aryl methyl sites for hydroxylation is 1. The van der Waals surface area contributed by atoms with Crippen LogP contribution in [0.2, 0.25) is 0 Å². The molecule has 0 atom stereocenters. The molecular weight excluding hydrogens is 281 g/mol. The van der Waals surface area contributed by atoms with E-state index in [0.717, 1.165) is 6.07 Å². The number of halogens is 3. The fourth-order valence-electron chi connectivity index (χ4n) is 2.48. The smallest absolute Gasteiger partial charge is 0.306 e. The van der Waals surface area contributed by atoms with Crippen molar-refractivity contribution < 1.29 is 13.2 Å². The first kappa shape index (κ1) is 13.5. The predicted octanol–water partition coefficient (Wildman–Crippen LogP) is 3.85. The summed E-state index contributed by atoms with van der Waals surface area (Å²) in [6.45, 7) is 1.63. The molecule has 0 bridgehead atoms. The van der Waals surface area contributed by atoms with E-state index in [2.05, 4.69) is 9.97 Å². The summed E-state index contributed by atoms with van der Waals surface area (Å²) in [5.41, 5.74) is 1.06. The Morgan fingerprint density at radius 3 is 2.43 bits per heavy atom. The van der Waals surface area contributed by atoms with Crippen molar-refractivity contribution in [2.45, 2.75) is 13.1 Å². The molecule has 0 saturated carbocycles. The minimum Gasteiger partial charge on any atom is -0.306 e. The number of imidazole rings is 1. The molecule has 1 heterocycles. The van der Waals surface area contributed by atoms with Gasteiger partial charge in [0, 0.05) is 0 Å². The molecule has 0 unspecified atom stereocenters. The second-order valence-corrected chi connectivity index (χ2v) is 4.83. The van der Waals surface area contributed by atoms with E-state index < -0.39 is 11.7 Å². The van der Waals surface area contributed by atoms with Crippen molar-refractivity contribution in [3.8, 4) is 11.1 Å². The summed E-state index contributed by atoms with van der Waals surface area (Å²) in [5, 5.41) is 0. The summed E-state index contributed by atoms with van der Waals surface area (Å²) in [4.78, 5) is 16.4. The molecule has 0 aliphatic carbocycles. The summed E-state index contributed by atoms with van der Waals surface area (Å²) in [5.74, 6) is 0. The molecule has 6 heteroatoms. The zero-order valence-corrected chi connectivity index (χ0v) is 11.0. The average molecular weight is 292 g/mol. The Morgan fingerprint density at radius 2 is 1.71 bits per heavy atom. The lowest BCUT2D eigenvalue weighted by Gasteiger charge is -2.15. The highest BCUT2D eigenvalue weighted by Crippen LogP contribution is 2.39. The van der Waals surface area contributed by atoms with Gasteiger partial charge in [-0.15, -0.1) is 0 Å². The van der Waals surface area contributed by atoms with Crippen LogP contribution >= 0.6 is 0 Å². The number of aromatic amines is 2. The normalized spacial score (nSPS) is 12.0. The van der Waals surface area contributed by atoms with Crippen molar-refractivity contribution in [1.82, 2.24) is 9.97 Å². The molecule has 3 nitrogen and oxygen atoms in total. The zero-order valence-electron chi connectivity index (χ0n) is 11.0. The maximum atomic E-state index is 13.2. The summed E-state index contributed by atoms with van der Waals surface area (Å²) in [6.07, 6.45) is -4.43. The third-order valence-electron chi connectivity index (χ3n) is 3.38. The number of H-pyrrole nitrogens is 2. The van der Waals surface area contributed by atoms with Crippen LogP contribution < -0.4 is 5.69 Å².